The molecule has 1 aromatic heterocycles. The van der Waals surface area contributed by atoms with E-state index in [2.05, 4.69) is 20.6 Å². The quantitative estimate of drug-likeness (QED) is 0.386. The summed E-state index contributed by atoms with van der Waals surface area (Å²) in [6.07, 6.45) is 1.61. The molecule has 1 unspecified atom stereocenters. The monoisotopic (exact) mass is 438 g/mol. The number of nitrogens with zero attached hydrogens (tertiary/aromatic N) is 2. The Morgan fingerprint density at radius 3 is 2.44 bits per heavy atom. The van der Waals surface area contributed by atoms with Gasteiger partial charge in [-0.25, -0.2) is 9.37 Å². The van der Waals surface area contributed by atoms with E-state index in [1.807, 2.05) is 37.3 Å². The number of nitrogens with one attached hydrogen (secondary N) is 2. The Kier molecular flexibility index (Phi) is 8.25. The highest BCUT2D eigenvalue weighted by atomic mass is 19.1. The molecule has 0 saturated carbocycles. The van der Waals surface area contributed by atoms with E-state index in [-0.39, 0.29) is 11.9 Å². The van der Waals surface area contributed by atoms with Crippen LogP contribution in [0, 0.1) is 5.82 Å². The van der Waals surface area contributed by atoms with Crippen LogP contribution in [-0.4, -0.2) is 37.7 Å². The highest BCUT2D eigenvalue weighted by Crippen LogP contribution is 2.26. The Bertz CT molecular complexity index is 1010. The number of hydrogen-bond donors (Lipinski definition) is 2. The lowest BCUT2D eigenvalue weighted by Gasteiger charge is -2.19. The molecule has 8 heteroatoms. The van der Waals surface area contributed by atoms with E-state index in [0.29, 0.717) is 42.2 Å². The Balaban J connectivity index is 1.45. The summed E-state index contributed by atoms with van der Waals surface area (Å²) in [4.78, 5) is 8.52. The van der Waals surface area contributed by atoms with Gasteiger partial charge < -0.3 is 24.8 Å². The molecule has 0 amide bonds. The smallest absolute Gasteiger partial charge is 0.219 e. The second kappa shape index (κ2) is 11.5. The first-order valence-corrected chi connectivity index (χ1v) is 10.2. The van der Waals surface area contributed by atoms with Gasteiger partial charge in [-0.2, -0.15) is 0 Å². The second-order valence-corrected chi connectivity index (χ2v) is 6.95. The number of aliphatic imine (C=N–C) groups is 1. The molecular weight excluding hydrogens is 411 g/mol. The van der Waals surface area contributed by atoms with Crippen molar-refractivity contribution < 1.29 is 18.6 Å². The Hall–Kier alpha value is -3.81. The molecular formula is C24H27FN4O3. The number of hydrogen-bond acceptors (Lipinski definition) is 5. The number of guanidine groups is 1. The fourth-order valence-electron chi connectivity index (χ4n) is 2.82. The average Bonchev–Trinajstić information content (AvgIpc) is 2.82. The Labute approximate surface area is 187 Å². The standard InChI is InChI=1S/C24H27FN4O3/c1-17(31-22-7-5-4-6-21(22)30-3)14-28-24(26-2)29-16-18-8-13-23(27-15-18)32-20-11-9-19(25)10-12-20/h4-13,15,17H,14,16H2,1-3H3,(H2,26,28,29). The maximum Gasteiger partial charge on any atom is 0.219 e. The van der Waals surface area contributed by atoms with Crippen LogP contribution in [0.25, 0.3) is 0 Å². The molecule has 0 aliphatic carbocycles. The van der Waals surface area contributed by atoms with Gasteiger partial charge in [-0.3, -0.25) is 4.99 Å². The molecule has 1 atom stereocenters. The molecule has 0 radical (unpaired) electrons. The number of methoxy groups -OCH3 is 1. The highest BCUT2D eigenvalue weighted by Gasteiger charge is 2.09. The van der Waals surface area contributed by atoms with Crippen LogP contribution in [0.2, 0.25) is 0 Å². The summed E-state index contributed by atoms with van der Waals surface area (Å²) in [5, 5.41) is 6.48. The van der Waals surface area contributed by atoms with Gasteiger partial charge in [0.2, 0.25) is 5.88 Å². The lowest BCUT2D eigenvalue weighted by atomic mass is 10.3. The summed E-state index contributed by atoms with van der Waals surface area (Å²) in [5.74, 6) is 2.69. The van der Waals surface area contributed by atoms with Crippen LogP contribution in [0.1, 0.15) is 12.5 Å². The van der Waals surface area contributed by atoms with Crippen LogP contribution < -0.4 is 24.8 Å². The average molecular weight is 439 g/mol. The summed E-state index contributed by atoms with van der Waals surface area (Å²) in [5.41, 5.74) is 0.956. The van der Waals surface area contributed by atoms with Crippen molar-refractivity contribution in [3.8, 4) is 23.1 Å². The van der Waals surface area contributed by atoms with E-state index in [0.717, 1.165) is 5.56 Å². The summed E-state index contributed by atoms with van der Waals surface area (Å²) >= 11 is 0. The van der Waals surface area contributed by atoms with Crippen molar-refractivity contribution in [3.05, 3.63) is 78.2 Å². The van der Waals surface area contributed by atoms with Gasteiger partial charge in [0.25, 0.3) is 0 Å². The number of benzene rings is 2. The topological polar surface area (TPSA) is 77.0 Å². The summed E-state index contributed by atoms with van der Waals surface area (Å²) in [6, 6.07) is 17.0. The maximum atomic E-state index is 13.0. The van der Waals surface area contributed by atoms with Gasteiger partial charge >= 0.3 is 0 Å². The normalized spacial score (nSPS) is 12.1. The molecule has 0 spiro atoms. The van der Waals surface area contributed by atoms with Gasteiger partial charge in [-0.1, -0.05) is 18.2 Å². The number of pyridine rings is 1. The second-order valence-electron chi connectivity index (χ2n) is 6.95. The summed E-state index contributed by atoms with van der Waals surface area (Å²) in [6.45, 7) is 3.06. The van der Waals surface area contributed by atoms with Gasteiger partial charge in [0.05, 0.1) is 13.7 Å². The predicted molar refractivity (Wildman–Crippen MR) is 122 cm³/mol. The first-order chi connectivity index (χ1) is 15.6. The van der Waals surface area contributed by atoms with Crippen molar-refractivity contribution in [3.63, 3.8) is 0 Å². The molecule has 0 aliphatic heterocycles. The van der Waals surface area contributed by atoms with Crippen molar-refractivity contribution in [2.45, 2.75) is 19.6 Å². The molecule has 3 rings (SSSR count). The van der Waals surface area contributed by atoms with Crippen molar-refractivity contribution in [1.29, 1.82) is 0 Å². The van der Waals surface area contributed by atoms with E-state index in [4.69, 9.17) is 14.2 Å². The third kappa shape index (κ3) is 6.87. The molecule has 0 bridgehead atoms. The minimum absolute atomic E-state index is 0.102. The largest absolute Gasteiger partial charge is 0.493 e. The van der Waals surface area contributed by atoms with Crippen LogP contribution >= 0.6 is 0 Å². The van der Waals surface area contributed by atoms with Gasteiger partial charge in [-0.15, -0.1) is 0 Å². The fourth-order valence-corrected chi connectivity index (χ4v) is 2.82. The third-order valence-corrected chi connectivity index (χ3v) is 4.47. The predicted octanol–water partition coefficient (Wildman–Crippen LogP) is 4.15. The van der Waals surface area contributed by atoms with E-state index in [1.165, 1.54) is 12.1 Å². The van der Waals surface area contributed by atoms with Crippen molar-refractivity contribution >= 4 is 5.96 Å². The van der Waals surface area contributed by atoms with Crippen LogP contribution in [0.15, 0.2) is 71.9 Å². The van der Waals surface area contributed by atoms with Crippen LogP contribution in [-0.2, 0) is 6.54 Å². The van der Waals surface area contributed by atoms with E-state index in [1.54, 1.807) is 38.6 Å². The Morgan fingerprint density at radius 2 is 1.78 bits per heavy atom. The molecule has 0 fully saturated rings. The first-order valence-electron chi connectivity index (χ1n) is 10.2. The molecule has 2 N–H and O–H groups in total. The van der Waals surface area contributed by atoms with Gasteiger partial charge in [0, 0.05) is 25.9 Å². The van der Waals surface area contributed by atoms with Crippen LogP contribution in [0.3, 0.4) is 0 Å². The number of aromatic nitrogens is 1. The lowest BCUT2D eigenvalue weighted by Crippen LogP contribution is -2.41. The minimum atomic E-state index is -0.311. The zero-order chi connectivity index (χ0) is 22.8. The third-order valence-electron chi connectivity index (χ3n) is 4.47. The van der Waals surface area contributed by atoms with Crippen molar-refractivity contribution in [1.82, 2.24) is 15.6 Å². The molecule has 1 heterocycles. The Morgan fingerprint density at radius 1 is 1.03 bits per heavy atom. The molecule has 2 aromatic carbocycles. The SMILES string of the molecule is CN=C(NCc1ccc(Oc2ccc(F)cc2)nc1)NCC(C)Oc1ccccc1OC. The van der Waals surface area contributed by atoms with E-state index in [9.17, 15) is 4.39 Å². The van der Waals surface area contributed by atoms with Crippen LogP contribution in [0.4, 0.5) is 4.39 Å². The first kappa shape index (κ1) is 22.9. The number of para-hydroxylation sites is 2. The maximum absolute atomic E-state index is 13.0. The molecule has 32 heavy (non-hydrogen) atoms. The van der Waals surface area contributed by atoms with Crippen molar-refractivity contribution in [2.75, 3.05) is 20.7 Å². The zero-order valence-corrected chi connectivity index (χ0v) is 18.3. The van der Waals surface area contributed by atoms with Gasteiger partial charge in [0.1, 0.15) is 17.7 Å². The molecule has 7 nitrogen and oxygen atoms in total. The highest BCUT2D eigenvalue weighted by molar-refractivity contribution is 5.79. The van der Waals surface area contributed by atoms with E-state index < -0.39 is 0 Å². The number of ether oxygens (including phenoxy) is 3. The van der Waals surface area contributed by atoms with Crippen molar-refractivity contribution in [2.24, 2.45) is 4.99 Å². The van der Waals surface area contributed by atoms with Crippen LogP contribution in [0.5, 0.6) is 23.1 Å². The minimum Gasteiger partial charge on any atom is -0.493 e. The number of rotatable bonds is 9. The lowest BCUT2D eigenvalue weighted by molar-refractivity contribution is 0.213. The van der Waals surface area contributed by atoms with E-state index >= 15 is 0 Å². The van der Waals surface area contributed by atoms with Gasteiger partial charge in [-0.05, 0) is 48.9 Å². The molecule has 3 aromatic rings. The summed E-state index contributed by atoms with van der Waals surface area (Å²) in [7, 11) is 3.33. The number of halogens is 1. The molecule has 0 aliphatic rings. The summed E-state index contributed by atoms with van der Waals surface area (Å²) < 4.78 is 29.9. The van der Waals surface area contributed by atoms with Gasteiger partial charge in [0.15, 0.2) is 17.5 Å². The zero-order valence-electron chi connectivity index (χ0n) is 18.3. The molecule has 0 saturated heterocycles. The fraction of sp³-hybridized carbons (Fsp3) is 0.250. The molecule has 168 valence electrons.